The van der Waals surface area contributed by atoms with E-state index in [0.717, 1.165) is 6.42 Å². The lowest BCUT2D eigenvalue weighted by Gasteiger charge is -2.34. The van der Waals surface area contributed by atoms with Crippen molar-refractivity contribution in [2.24, 2.45) is 5.92 Å². The Hall–Kier alpha value is -0.700. The zero-order valence-corrected chi connectivity index (χ0v) is 10.9. The molecule has 0 aliphatic carbocycles. The van der Waals surface area contributed by atoms with Crippen LogP contribution < -0.4 is 0 Å². The third kappa shape index (κ3) is 3.41. The Morgan fingerprint density at radius 3 is 2.72 bits per heavy atom. The first kappa shape index (κ1) is 13.7. The number of hydrogen-bond acceptors (Lipinski definition) is 5. The Morgan fingerprint density at radius 1 is 1.39 bits per heavy atom. The van der Waals surface area contributed by atoms with Gasteiger partial charge in [0.15, 0.2) is 0 Å². The van der Waals surface area contributed by atoms with Crippen molar-refractivity contribution >= 4 is 16.0 Å². The van der Waals surface area contributed by atoms with E-state index in [1.54, 1.807) is 0 Å². The lowest BCUT2D eigenvalue weighted by atomic mass is 10.1. The number of nitrogens with zero attached hydrogens (tertiary/aromatic N) is 2. The Bertz CT molecular complexity index is 404. The molecule has 1 N–H and O–H groups in total. The number of sulfonamides is 1. The van der Waals surface area contributed by atoms with Crippen LogP contribution in [0, 0.1) is 5.92 Å². The summed E-state index contributed by atoms with van der Waals surface area (Å²) in [6, 6.07) is 0. The molecule has 0 radical (unpaired) electrons. The van der Waals surface area contributed by atoms with E-state index >= 15 is 0 Å². The van der Waals surface area contributed by atoms with Crippen LogP contribution in [0.2, 0.25) is 0 Å². The van der Waals surface area contributed by atoms with Gasteiger partial charge in [-0.15, -0.1) is 0 Å². The standard InChI is InChI=1S/C10H18N2O5S/c13-10(14)6-11-2-3-12(18(15,16)8-11)5-9-1-4-17-7-9/h9H,1-8H2,(H,13,14). The maximum atomic E-state index is 12.0. The molecule has 8 heteroatoms. The van der Waals surface area contributed by atoms with Gasteiger partial charge in [0, 0.05) is 26.2 Å². The molecule has 2 saturated heterocycles. The Labute approximate surface area is 106 Å². The molecule has 2 heterocycles. The molecule has 0 aromatic rings. The summed E-state index contributed by atoms with van der Waals surface area (Å²) in [6.07, 6.45) is 0.894. The molecule has 1 unspecified atom stereocenters. The topological polar surface area (TPSA) is 87.2 Å². The van der Waals surface area contributed by atoms with E-state index in [1.165, 1.54) is 9.21 Å². The van der Waals surface area contributed by atoms with Crippen LogP contribution in [0.4, 0.5) is 0 Å². The Morgan fingerprint density at radius 2 is 2.17 bits per heavy atom. The zero-order chi connectivity index (χ0) is 13.2. The maximum Gasteiger partial charge on any atom is 0.317 e. The fourth-order valence-corrected chi connectivity index (χ4v) is 3.95. The average molecular weight is 278 g/mol. The molecule has 104 valence electrons. The molecule has 2 fully saturated rings. The molecular formula is C10H18N2O5S. The van der Waals surface area contributed by atoms with Gasteiger partial charge < -0.3 is 9.84 Å². The van der Waals surface area contributed by atoms with Crippen LogP contribution in [0.15, 0.2) is 0 Å². The second kappa shape index (κ2) is 5.52. The minimum atomic E-state index is -3.37. The number of ether oxygens (including phenoxy) is 1. The third-order valence-corrected chi connectivity index (χ3v) is 5.06. The Kier molecular flexibility index (Phi) is 4.21. The molecule has 0 spiro atoms. The average Bonchev–Trinajstić information content (AvgIpc) is 2.73. The van der Waals surface area contributed by atoms with E-state index in [4.69, 9.17) is 9.84 Å². The normalized spacial score (nSPS) is 29.4. The quantitative estimate of drug-likeness (QED) is 0.710. The van der Waals surface area contributed by atoms with Crippen molar-refractivity contribution in [2.75, 3.05) is 45.3 Å². The summed E-state index contributed by atoms with van der Waals surface area (Å²) in [6.45, 7) is 2.42. The zero-order valence-electron chi connectivity index (χ0n) is 10.1. The van der Waals surface area contributed by atoms with Gasteiger partial charge in [0.1, 0.15) is 5.88 Å². The first-order valence-electron chi connectivity index (χ1n) is 5.97. The number of carboxylic acid groups (broad SMARTS) is 1. The van der Waals surface area contributed by atoms with Crippen LogP contribution in [0.1, 0.15) is 6.42 Å². The number of carboxylic acids is 1. The largest absolute Gasteiger partial charge is 0.480 e. The van der Waals surface area contributed by atoms with E-state index < -0.39 is 16.0 Å². The van der Waals surface area contributed by atoms with Crippen LogP contribution in [-0.4, -0.2) is 74.0 Å². The molecule has 0 aromatic heterocycles. The molecule has 0 saturated carbocycles. The van der Waals surface area contributed by atoms with Crippen LogP contribution >= 0.6 is 0 Å². The molecule has 0 amide bonds. The van der Waals surface area contributed by atoms with E-state index in [-0.39, 0.29) is 18.3 Å². The fourth-order valence-electron chi connectivity index (χ4n) is 2.31. The van der Waals surface area contributed by atoms with Crippen molar-refractivity contribution in [3.8, 4) is 0 Å². The molecule has 2 aliphatic heterocycles. The number of aliphatic carboxylic acids is 1. The van der Waals surface area contributed by atoms with Gasteiger partial charge in [-0.05, 0) is 12.3 Å². The summed E-state index contributed by atoms with van der Waals surface area (Å²) >= 11 is 0. The van der Waals surface area contributed by atoms with Gasteiger partial charge in [-0.1, -0.05) is 0 Å². The molecule has 2 rings (SSSR count). The van der Waals surface area contributed by atoms with Gasteiger partial charge in [0.25, 0.3) is 0 Å². The fraction of sp³-hybridized carbons (Fsp3) is 0.900. The minimum Gasteiger partial charge on any atom is -0.480 e. The smallest absolute Gasteiger partial charge is 0.317 e. The third-order valence-electron chi connectivity index (χ3n) is 3.25. The summed E-state index contributed by atoms with van der Waals surface area (Å²) in [5, 5.41) is 8.67. The van der Waals surface area contributed by atoms with Gasteiger partial charge in [-0.25, -0.2) is 8.42 Å². The molecule has 7 nitrogen and oxygen atoms in total. The van der Waals surface area contributed by atoms with Crippen molar-refractivity contribution < 1.29 is 23.1 Å². The minimum absolute atomic E-state index is 0.202. The first-order chi connectivity index (χ1) is 8.47. The number of carbonyl (C=O) groups is 1. The van der Waals surface area contributed by atoms with Crippen LogP contribution in [0.25, 0.3) is 0 Å². The molecule has 0 bridgehead atoms. The van der Waals surface area contributed by atoms with E-state index in [0.29, 0.717) is 32.8 Å². The summed E-state index contributed by atoms with van der Waals surface area (Å²) in [4.78, 5) is 12.0. The van der Waals surface area contributed by atoms with E-state index in [9.17, 15) is 13.2 Å². The lowest BCUT2D eigenvalue weighted by Crippen LogP contribution is -2.52. The number of hydrogen-bond donors (Lipinski definition) is 1. The van der Waals surface area contributed by atoms with Crippen molar-refractivity contribution in [1.82, 2.24) is 9.21 Å². The Balaban J connectivity index is 1.92. The summed E-state index contributed by atoms with van der Waals surface area (Å²) in [5.41, 5.74) is 0. The number of rotatable bonds is 4. The lowest BCUT2D eigenvalue weighted by molar-refractivity contribution is -0.138. The first-order valence-corrected chi connectivity index (χ1v) is 7.58. The van der Waals surface area contributed by atoms with Gasteiger partial charge in [0.05, 0.1) is 13.2 Å². The molecule has 18 heavy (non-hydrogen) atoms. The monoisotopic (exact) mass is 278 g/mol. The van der Waals surface area contributed by atoms with Gasteiger partial charge in [-0.2, -0.15) is 4.31 Å². The highest BCUT2D eigenvalue weighted by Crippen LogP contribution is 2.18. The summed E-state index contributed by atoms with van der Waals surface area (Å²) in [5.74, 6) is -0.930. The van der Waals surface area contributed by atoms with Crippen LogP contribution in [0.3, 0.4) is 0 Å². The van der Waals surface area contributed by atoms with Gasteiger partial charge in [0.2, 0.25) is 10.0 Å². The van der Waals surface area contributed by atoms with Crippen molar-refractivity contribution in [3.63, 3.8) is 0 Å². The van der Waals surface area contributed by atoms with Crippen LogP contribution in [0.5, 0.6) is 0 Å². The summed E-state index contributed by atoms with van der Waals surface area (Å²) < 4.78 is 30.7. The van der Waals surface area contributed by atoms with Crippen molar-refractivity contribution in [2.45, 2.75) is 6.42 Å². The van der Waals surface area contributed by atoms with Crippen molar-refractivity contribution in [1.29, 1.82) is 0 Å². The highest BCUT2D eigenvalue weighted by atomic mass is 32.2. The van der Waals surface area contributed by atoms with Gasteiger partial charge in [-0.3, -0.25) is 9.69 Å². The SMILES string of the molecule is O=C(O)CN1CCN(CC2CCOC2)S(=O)(=O)C1. The second-order valence-electron chi connectivity index (χ2n) is 4.77. The second-order valence-corrected chi connectivity index (χ2v) is 6.71. The summed E-state index contributed by atoms with van der Waals surface area (Å²) in [7, 11) is -3.37. The van der Waals surface area contributed by atoms with E-state index in [1.807, 2.05) is 0 Å². The maximum absolute atomic E-state index is 12.0. The predicted molar refractivity (Wildman–Crippen MR) is 63.5 cm³/mol. The molecular weight excluding hydrogens is 260 g/mol. The molecule has 0 aromatic carbocycles. The van der Waals surface area contributed by atoms with Crippen molar-refractivity contribution in [3.05, 3.63) is 0 Å². The highest BCUT2D eigenvalue weighted by Gasteiger charge is 2.33. The molecule has 2 aliphatic rings. The predicted octanol–water partition coefficient (Wildman–Crippen LogP) is -0.988. The highest BCUT2D eigenvalue weighted by molar-refractivity contribution is 7.89. The van der Waals surface area contributed by atoms with E-state index in [2.05, 4.69) is 0 Å². The molecule has 1 atom stereocenters. The van der Waals surface area contributed by atoms with Crippen LogP contribution in [-0.2, 0) is 19.6 Å². The van der Waals surface area contributed by atoms with Gasteiger partial charge >= 0.3 is 5.97 Å².